The summed E-state index contributed by atoms with van der Waals surface area (Å²) < 4.78 is 10.0. The van der Waals surface area contributed by atoms with Crippen molar-refractivity contribution in [1.82, 2.24) is 5.32 Å². The van der Waals surface area contributed by atoms with Crippen LogP contribution < -0.4 is 5.32 Å². The zero-order valence-corrected chi connectivity index (χ0v) is 13.5. The van der Waals surface area contributed by atoms with E-state index in [1.54, 1.807) is 12.1 Å². The van der Waals surface area contributed by atoms with Crippen molar-refractivity contribution in [3.8, 4) is 11.1 Å². The van der Waals surface area contributed by atoms with Gasteiger partial charge in [0.25, 0.3) is 5.91 Å². The molecule has 1 N–H and O–H groups in total. The molecule has 1 aromatic carbocycles. The van der Waals surface area contributed by atoms with Gasteiger partial charge >= 0.3 is 5.97 Å². The normalized spacial score (nSPS) is 17.0. The number of rotatable bonds is 4. The molecule has 1 aliphatic rings. The van der Waals surface area contributed by atoms with E-state index in [1.165, 1.54) is 18.4 Å². The van der Waals surface area contributed by atoms with E-state index >= 15 is 0 Å². The molecule has 23 heavy (non-hydrogen) atoms. The minimum absolute atomic E-state index is 0.0879. The third-order valence-corrected chi connectivity index (χ3v) is 4.65. The number of methoxy groups -OCH3 is 1. The standard InChI is InChI=1S/C17H17NO4S/c1-21-17(20)15-14(7-9-23-15)11-2-4-12(5-3-11)16(19)18-13-6-8-22-10-13/h2-5,7,9,13H,6,8,10H2,1H3,(H,18,19)/t13-/m0/s1. The molecule has 0 aliphatic carbocycles. The smallest absolute Gasteiger partial charge is 0.348 e. The Morgan fingerprint density at radius 2 is 2.04 bits per heavy atom. The van der Waals surface area contributed by atoms with Crippen LogP contribution in [0, 0.1) is 0 Å². The fraction of sp³-hybridized carbons (Fsp3) is 0.294. The van der Waals surface area contributed by atoms with E-state index in [9.17, 15) is 9.59 Å². The van der Waals surface area contributed by atoms with Gasteiger partial charge in [0, 0.05) is 17.7 Å². The Bertz CT molecular complexity index is 702. The maximum absolute atomic E-state index is 12.2. The lowest BCUT2D eigenvalue weighted by molar-refractivity contribution is 0.0607. The molecule has 1 amide bonds. The molecule has 0 spiro atoms. The summed E-state index contributed by atoms with van der Waals surface area (Å²) in [5, 5.41) is 4.80. The molecule has 1 aliphatic heterocycles. The Morgan fingerprint density at radius 1 is 1.26 bits per heavy atom. The number of carbonyl (C=O) groups is 2. The molecule has 0 bridgehead atoms. The summed E-state index contributed by atoms with van der Waals surface area (Å²) in [5.41, 5.74) is 2.29. The Balaban J connectivity index is 1.75. The van der Waals surface area contributed by atoms with Crippen molar-refractivity contribution in [1.29, 1.82) is 0 Å². The highest BCUT2D eigenvalue weighted by Gasteiger charge is 2.19. The first-order valence-electron chi connectivity index (χ1n) is 7.34. The van der Waals surface area contributed by atoms with Crippen molar-refractivity contribution in [2.24, 2.45) is 0 Å². The van der Waals surface area contributed by atoms with E-state index in [0.717, 1.165) is 17.5 Å². The highest BCUT2D eigenvalue weighted by molar-refractivity contribution is 7.12. The number of carbonyl (C=O) groups excluding carboxylic acids is 2. The van der Waals surface area contributed by atoms with Gasteiger partial charge in [0.2, 0.25) is 0 Å². The first-order valence-corrected chi connectivity index (χ1v) is 8.22. The van der Waals surface area contributed by atoms with Gasteiger partial charge in [-0.3, -0.25) is 4.79 Å². The molecule has 1 saturated heterocycles. The number of hydrogen-bond donors (Lipinski definition) is 1. The number of ether oxygens (including phenoxy) is 2. The average molecular weight is 331 g/mol. The molecular formula is C17H17NO4S. The van der Waals surface area contributed by atoms with E-state index in [-0.39, 0.29) is 17.9 Å². The van der Waals surface area contributed by atoms with Gasteiger partial charge < -0.3 is 14.8 Å². The largest absolute Gasteiger partial charge is 0.465 e. The second-order valence-electron chi connectivity index (χ2n) is 5.27. The lowest BCUT2D eigenvalue weighted by Crippen LogP contribution is -2.34. The van der Waals surface area contributed by atoms with Crippen LogP contribution >= 0.6 is 11.3 Å². The van der Waals surface area contributed by atoms with Crippen LogP contribution in [0.15, 0.2) is 35.7 Å². The second kappa shape index (κ2) is 6.93. The first-order chi connectivity index (χ1) is 11.2. The minimum Gasteiger partial charge on any atom is -0.465 e. The van der Waals surface area contributed by atoms with Crippen LogP contribution in [0.1, 0.15) is 26.5 Å². The van der Waals surface area contributed by atoms with Gasteiger partial charge in [-0.1, -0.05) is 12.1 Å². The topological polar surface area (TPSA) is 64.6 Å². The molecule has 0 radical (unpaired) electrons. The summed E-state index contributed by atoms with van der Waals surface area (Å²) in [7, 11) is 1.37. The van der Waals surface area contributed by atoms with Gasteiger partial charge in [-0.25, -0.2) is 4.79 Å². The Kier molecular flexibility index (Phi) is 4.73. The fourth-order valence-corrected chi connectivity index (χ4v) is 3.34. The number of esters is 1. The molecule has 2 heterocycles. The summed E-state index contributed by atoms with van der Waals surface area (Å²) in [6, 6.07) is 9.17. The Labute approximate surface area is 138 Å². The predicted molar refractivity (Wildman–Crippen MR) is 87.8 cm³/mol. The van der Waals surface area contributed by atoms with E-state index < -0.39 is 0 Å². The van der Waals surface area contributed by atoms with Crippen LogP contribution in [0.2, 0.25) is 0 Å². The molecule has 6 heteroatoms. The van der Waals surface area contributed by atoms with E-state index in [2.05, 4.69) is 5.32 Å². The van der Waals surface area contributed by atoms with Gasteiger partial charge in [-0.15, -0.1) is 11.3 Å². The average Bonchev–Trinajstić information content (AvgIpc) is 3.25. The third kappa shape index (κ3) is 3.43. The monoisotopic (exact) mass is 331 g/mol. The van der Waals surface area contributed by atoms with Crippen LogP contribution in [0.4, 0.5) is 0 Å². The fourth-order valence-electron chi connectivity index (χ4n) is 2.51. The Hall–Kier alpha value is -2.18. The van der Waals surface area contributed by atoms with E-state index in [0.29, 0.717) is 23.7 Å². The maximum Gasteiger partial charge on any atom is 0.348 e. The van der Waals surface area contributed by atoms with Gasteiger partial charge in [-0.2, -0.15) is 0 Å². The lowest BCUT2D eigenvalue weighted by Gasteiger charge is -2.11. The molecule has 1 atom stereocenters. The molecular weight excluding hydrogens is 314 g/mol. The first kappa shape index (κ1) is 15.7. The summed E-state index contributed by atoms with van der Waals surface area (Å²) >= 11 is 1.34. The molecule has 5 nitrogen and oxygen atoms in total. The van der Waals surface area contributed by atoms with Crippen LogP contribution in [0.25, 0.3) is 11.1 Å². The van der Waals surface area contributed by atoms with Crippen LogP contribution in [-0.2, 0) is 9.47 Å². The molecule has 2 aromatic rings. The van der Waals surface area contributed by atoms with Crippen molar-refractivity contribution >= 4 is 23.2 Å². The molecule has 1 fully saturated rings. The van der Waals surface area contributed by atoms with Crippen LogP contribution in [-0.4, -0.2) is 38.2 Å². The van der Waals surface area contributed by atoms with Crippen molar-refractivity contribution in [3.05, 3.63) is 46.2 Å². The molecule has 0 unspecified atom stereocenters. The van der Waals surface area contributed by atoms with Gasteiger partial charge in [0.15, 0.2) is 0 Å². The second-order valence-corrected chi connectivity index (χ2v) is 6.18. The maximum atomic E-state index is 12.2. The third-order valence-electron chi connectivity index (χ3n) is 3.76. The van der Waals surface area contributed by atoms with Gasteiger partial charge in [0.05, 0.1) is 19.8 Å². The van der Waals surface area contributed by atoms with Crippen molar-refractivity contribution in [2.75, 3.05) is 20.3 Å². The highest BCUT2D eigenvalue weighted by atomic mass is 32.1. The Morgan fingerprint density at radius 3 is 2.70 bits per heavy atom. The number of benzene rings is 1. The minimum atomic E-state index is -0.349. The van der Waals surface area contributed by atoms with Gasteiger partial charge in [-0.05, 0) is 35.6 Å². The summed E-state index contributed by atoms with van der Waals surface area (Å²) in [5.74, 6) is -0.455. The van der Waals surface area contributed by atoms with Crippen LogP contribution in [0.5, 0.6) is 0 Å². The van der Waals surface area contributed by atoms with Crippen molar-refractivity contribution < 1.29 is 19.1 Å². The zero-order chi connectivity index (χ0) is 16.2. The zero-order valence-electron chi connectivity index (χ0n) is 12.7. The predicted octanol–water partition coefficient (Wildman–Crippen LogP) is 2.72. The number of amides is 1. The number of thiophene rings is 1. The summed E-state index contributed by atoms with van der Waals surface area (Å²) in [4.78, 5) is 24.5. The highest BCUT2D eigenvalue weighted by Crippen LogP contribution is 2.29. The van der Waals surface area contributed by atoms with Crippen LogP contribution in [0.3, 0.4) is 0 Å². The summed E-state index contributed by atoms with van der Waals surface area (Å²) in [6.45, 7) is 1.26. The van der Waals surface area contributed by atoms with E-state index in [4.69, 9.17) is 9.47 Å². The SMILES string of the molecule is COC(=O)c1sccc1-c1ccc(C(=O)N[C@H]2CCOC2)cc1. The summed E-state index contributed by atoms with van der Waals surface area (Å²) in [6.07, 6.45) is 0.848. The van der Waals surface area contributed by atoms with E-state index in [1.807, 2.05) is 23.6 Å². The molecule has 1 aromatic heterocycles. The van der Waals surface area contributed by atoms with Gasteiger partial charge in [0.1, 0.15) is 4.88 Å². The lowest BCUT2D eigenvalue weighted by atomic mass is 10.0. The molecule has 0 saturated carbocycles. The molecule has 3 rings (SSSR count). The number of hydrogen-bond acceptors (Lipinski definition) is 5. The number of nitrogens with one attached hydrogen (secondary N) is 1. The van der Waals surface area contributed by atoms with Crippen molar-refractivity contribution in [3.63, 3.8) is 0 Å². The quantitative estimate of drug-likeness (QED) is 0.875. The van der Waals surface area contributed by atoms with Crippen molar-refractivity contribution in [2.45, 2.75) is 12.5 Å². The molecule has 120 valence electrons.